The first-order valence-electron chi connectivity index (χ1n) is 5.31. The highest BCUT2D eigenvalue weighted by atomic mass is 15.0. The van der Waals surface area contributed by atoms with Gasteiger partial charge in [-0.15, -0.1) is 0 Å². The number of hydrogen-bond acceptors (Lipinski definition) is 2. The highest BCUT2D eigenvalue weighted by molar-refractivity contribution is 5.87. The van der Waals surface area contributed by atoms with Gasteiger partial charge in [0.2, 0.25) is 0 Å². The molecule has 0 bridgehead atoms. The minimum absolute atomic E-state index is 0.704. The molecule has 0 N–H and O–H groups in total. The van der Waals surface area contributed by atoms with Crippen LogP contribution in [0.3, 0.4) is 0 Å². The van der Waals surface area contributed by atoms with Crippen molar-refractivity contribution in [3.05, 3.63) is 60.6 Å². The van der Waals surface area contributed by atoms with Crippen molar-refractivity contribution in [2.75, 3.05) is 0 Å². The van der Waals surface area contributed by atoms with Gasteiger partial charge in [-0.3, -0.25) is 4.98 Å². The van der Waals surface area contributed by atoms with Crippen molar-refractivity contribution in [1.82, 2.24) is 9.55 Å². The highest BCUT2D eigenvalue weighted by Crippen LogP contribution is 2.22. The second-order valence-electron chi connectivity index (χ2n) is 3.74. The van der Waals surface area contributed by atoms with Gasteiger partial charge in [-0.25, -0.2) is 0 Å². The molecule has 0 saturated heterocycles. The summed E-state index contributed by atoms with van der Waals surface area (Å²) in [5.41, 5.74) is 2.79. The summed E-state index contributed by atoms with van der Waals surface area (Å²) in [7, 11) is 0. The van der Waals surface area contributed by atoms with E-state index in [0.717, 1.165) is 16.6 Å². The lowest BCUT2D eigenvalue weighted by Gasteiger charge is -2.04. The molecule has 0 aliphatic rings. The Hall–Kier alpha value is -2.60. The van der Waals surface area contributed by atoms with Gasteiger partial charge in [0, 0.05) is 29.7 Å². The third-order valence-corrected chi connectivity index (χ3v) is 2.79. The first kappa shape index (κ1) is 9.61. The Morgan fingerprint density at radius 1 is 1.06 bits per heavy atom. The van der Waals surface area contributed by atoms with E-state index in [0.29, 0.717) is 5.56 Å². The monoisotopic (exact) mass is 219 g/mol. The van der Waals surface area contributed by atoms with Crippen molar-refractivity contribution in [2.45, 2.75) is 0 Å². The molecule has 80 valence electrons. The van der Waals surface area contributed by atoms with Crippen molar-refractivity contribution in [3.8, 4) is 11.8 Å². The summed E-state index contributed by atoms with van der Waals surface area (Å²) in [5.74, 6) is 0. The van der Waals surface area contributed by atoms with Gasteiger partial charge in [0.25, 0.3) is 0 Å². The maximum atomic E-state index is 9.05. The van der Waals surface area contributed by atoms with Gasteiger partial charge in [0.1, 0.15) is 0 Å². The van der Waals surface area contributed by atoms with E-state index in [1.54, 1.807) is 12.4 Å². The van der Waals surface area contributed by atoms with Crippen LogP contribution in [0.25, 0.3) is 16.6 Å². The average molecular weight is 219 g/mol. The van der Waals surface area contributed by atoms with Crippen LogP contribution in [-0.4, -0.2) is 9.55 Å². The number of nitrogens with zero attached hydrogens (tertiary/aromatic N) is 3. The molecule has 0 radical (unpaired) electrons. The highest BCUT2D eigenvalue weighted by Gasteiger charge is 2.05. The molecule has 0 aliphatic heterocycles. The Bertz CT molecular complexity index is 705. The number of pyridine rings is 1. The van der Waals surface area contributed by atoms with Gasteiger partial charge in [0.15, 0.2) is 0 Å². The Kier molecular flexibility index (Phi) is 2.13. The average Bonchev–Trinajstić information content (AvgIpc) is 2.83. The van der Waals surface area contributed by atoms with E-state index in [1.807, 2.05) is 42.6 Å². The van der Waals surface area contributed by atoms with Crippen molar-refractivity contribution < 1.29 is 0 Å². The lowest BCUT2D eigenvalue weighted by Crippen LogP contribution is -1.91. The van der Waals surface area contributed by atoms with Crippen molar-refractivity contribution in [2.24, 2.45) is 0 Å². The van der Waals surface area contributed by atoms with E-state index in [9.17, 15) is 0 Å². The fourth-order valence-electron chi connectivity index (χ4n) is 1.99. The minimum Gasteiger partial charge on any atom is -0.316 e. The number of fused-ring (bicyclic) bond motifs is 1. The topological polar surface area (TPSA) is 41.6 Å². The normalized spacial score (nSPS) is 10.3. The lowest BCUT2D eigenvalue weighted by molar-refractivity contribution is 1.11. The molecule has 0 aliphatic carbocycles. The van der Waals surface area contributed by atoms with Crippen LogP contribution in [0.4, 0.5) is 0 Å². The molecule has 2 heterocycles. The van der Waals surface area contributed by atoms with E-state index in [4.69, 9.17) is 5.26 Å². The first-order chi connectivity index (χ1) is 8.40. The third kappa shape index (κ3) is 1.47. The number of benzene rings is 1. The maximum absolute atomic E-state index is 9.05. The SMILES string of the molecule is N#Cc1cccc2c1ccn2-c1ccncc1. The van der Waals surface area contributed by atoms with Crippen LogP contribution >= 0.6 is 0 Å². The molecule has 3 heteroatoms. The molecule has 0 unspecified atom stereocenters. The van der Waals surface area contributed by atoms with Crippen LogP contribution in [-0.2, 0) is 0 Å². The number of aromatic nitrogens is 2. The van der Waals surface area contributed by atoms with Gasteiger partial charge in [-0.2, -0.15) is 5.26 Å². The zero-order chi connectivity index (χ0) is 11.7. The Morgan fingerprint density at radius 3 is 2.65 bits per heavy atom. The molecular formula is C14H9N3. The summed E-state index contributed by atoms with van der Waals surface area (Å²) in [6.07, 6.45) is 5.49. The molecule has 0 saturated carbocycles. The lowest BCUT2D eigenvalue weighted by atomic mass is 10.1. The Morgan fingerprint density at radius 2 is 1.88 bits per heavy atom. The van der Waals surface area contributed by atoms with Gasteiger partial charge < -0.3 is 4.57 Å². The van der Waals surface area contributed by atoms with Crippen LogP contribution in [0.15, 0.2) is 55.0 Å². The fourth-order valence-corrected chi connectivity index (χ4v) is 1.99. The molecule has 3 aromatic rings. The van der Waals surface area contributed by atoms with Gasteiger partial charge in [-0.1, -0.05) is 6.07 Å². The Balaban J connectivity index is 2.31. The molecule has 0 fully saturated rings. The number of rotatable bonds is 1. The van der Waals surface area contributed by atoms with Crippen LogP contribution < -0.4 is 0 Å². The third-order valence-electron chi connectivity index (χ3n) is 2.79. The van der Waals surface area contributed by atoms with E-state index >= 15 is 0 Å². The summed E-state index contributed by atoms with van der Waals surface area (Å²) < 4.78 is 2.05. The van der Waals surface area contributed by atoms with Crippen molar-refractivity contribution in [3.63, 3.8) is 0 Å². The summed E-state index contributed by atoms with van der Waals surface area (Å²) in [6, 6.07) is 13.8. The molecule has 17 heavy (non-hydrogen) atoms. The summed E-state index contributed by atoms with van der Waals surface area (Å²) in [6.45, 7) is 0. The van der Waals surface area contributed by atoms with Gasteiger partial charge in [0.05, 0.1) is 17.1 Å². The molecule has 1 aromatic carbocycles. The van der Waals surface area contributed by atoms with E-state index < -0.39 is 0 Å². The molecule has 0 spiro atoms. The molecule has 2 aromatic heterocycles. The van der Waals surface area contributed by atoms with Crippen LogP contribution in [0.2, 0.25) is 0 Å². The fraction of sp³-hybridized carbons (Fsp3) is 0. The quantitative estimate of drug-likeness (QED) is 0.631. The predicted molar refractivity (Wildman–Crippen MR) is 65.8 cm³/mol. The molecule has 3 rings (SSSR count). The van der Waals surface area contributed by atoms with E-state index in [1.165, 1.54) is 0 Å². The zero-order valence-electron chi connectivity index (χ0n) is 9.04. The van der Waals surface area contributed by atoms with Crippen LogP contribution in [0, 0.1) is 11.3 Å². The van der Waals surface area contributed by atoms with Gasteiger partial charge in [-0.05, 0) is 30.3 Å². The van der Waals surface area contributed by atoms with Crippen molar-refractivity contribution >= 4 is 10.9 Å². The Labute approximate surface area is 98.6 Å². The second-order valence-corrected chi connectivity index (χ2v) is 3.74. The smallest absolute Gasteiger partial charge is 0.0998 e. The molecule has 0 amide bonds. The summed E-state index contributed by atoms with van der Waals surface area (Å²) in [4.78, 5) is 4.00. The van der Waals surface area contributed by atoms with E-state index in [2.05, 4.69) is 15.6 Å². The summed E-state index contributed by atoms with van der Waals surface area (Å²) >= 11 is 0. The van der Waals surface area contributed by atoms with Crippen molar-refractivity contribution in [1.29, 1.82) is 5.26 Å². The largest absolute Gasteiger partial charge is 0.316 e. The second kappa shape index (κ2) is 3.76. The maximum Gasteiger partial charge on any atom is 0.0998 e. The van der Waals surface area contributed by atoms with Gasteiger partial charge >= 0.3 is 0 Å². The zero-order valence-corrected chi connectivity index (χ0v) is 9.04. The van der Waals surface area contributed by atoms with Crippen LogP contribution in [0.1, 0.15) is 5.56 Å². The predicted octanol–water partition coefficient (Wildman–Crippen LogP) is 2.90. The molecular weight excluding hydrogens is 210 g/mol. The molecule has 0 atom stereocenters. The standard InChI is InChI=1S/C14H9N3/c15-10-11-2-1-3-14-13(11)6-9-17(14)12-4-7-16-8-5-12/h1-9H. The van der Waals surface area contributed by atoms with E-state index in [-0.39, 0.29) is 0 Å². The summed E-state index contributed by atoms with van der Waals surface area (Å²) in [5, 5.41) is 10.0. The molecule has 3 nitrogen and oxygen atoms in total. The minimum atomic E-state index is 0.704. The van der Waals surface area contributed by atoms with Crippen LogP contribution in [0.5, 0.6) is 0 Å². The first-order valence-corrected chi connectivity index (χ1v) is 5.31. The number of nitriles is 1. The number of hydrogen-bond donors (Lipinski definition) is 0.